The van der Waals surface area contributed by atoms with Crippen molar-refractivity contribution in [2.75, 3.05) is 19.0 Å². The van der Waals surface area contributed by atoms with Crippen LogP contribution < -0.4 is 15.6 Å². The summed E-state index contributed by atoms with van der Waals surface area (Å²) in [7, 11) is 1.48. The van der Waals surface area contributed by atoms with Crippen LogP contribution in [-0.2, 0) is 6.18 Å². The van der Waals surface area contributed by atoms with Crippen LogP contribution in [0, 0.1) is 0 Å². The van der Waals surface area contributed by atoms with E-state index in [1.165, 1.54) is 25.3 Å². The molecule has 0 amide bonds. The maximum Gasteiger partial charge on any atom is 0.433 e. The molecule has 0 bridgehead atoms. The highest BCUT2D eigenvalue weighted by molar-refractivity contribution is 5.84. The first kappa shape index (κ1) is 24.0. The van der Waals surface area contributed by atoms with E-state index in [1.54, 1.807) is 24.3 Å². The van der Waals surface area contributed by atoms with E-state index in [-0.39, 0.29) is 22.7 Å². The molecule has 0 aliphatic rings. The van der Waals surface area contributed by atoms with Gasteiger partial charge in [0.1, 0.15) is 29.5 Å². The Hall–Kier alpha value is -4.09. The zero-order chi connectivity index (χ0) is 25.4. The quantitative estimate of drug-likeness (QED) is 0.374. The number of anilines is 1. The van der Waals surface area contributed by atoms with E-state index in [4.69, 9.17) is 4.74 Å². The van der Waals surface area contributed by atoms with Crippen molar-refractivity contribution in [1.29, 1.82) is 0 Å². The number of nitrogens with one attached hydrogen (secondary N) is 1. The van der Waals surface area contributed by atoms with Gasteiger partial charge in [0.25, 0.3) is 5.56 Å². The number of nitrogens with zero attached hydrogens (tertiary/aromatic N) is 3. The van der Waals surface area contributed by atoms with Gasteiger partial charge in [-0.2, -0.15) is 26.3 Å². The van der Waals surface area contributed by atoms with Crippen molar-refractivity contribution in [3.63, 3.8) is 0 Å². The summed E-state index contributed by atoms with van der Waals surface area (Å²) in [5.41, 5.74) is -1.22. The highest BCUT2D eigenvalue weighted by Crippen LogP contribution is 2.29. The van der Waals surface area contributed by atoms with E-state index in [0.717, 1.165) is 16.8 Å². The Balaban J connectivity index is 1.92. The summed E-state index contributed by atoms with van der Waals surface area (Å²) in [6.07, 6.45) is -8.34. The fraction of sp³-hybridized carbons (Fsp3) is 0.174. The second-order valence-corrected chi connectivity index (χ2v) is 7.40. The predicted octanol–water partition coefficient (Wildman–Crippen LogP) is 5.45. The summed E-state index contributed by atoms with van der Waals surface area (Å²) in [5.74, 6) is 0.379. The van der Waals surface area contributed by atoms with E-state index >= 15 is 0 Å². The van der Waals surface area contributed by atoms with Crippen LogP contribution in [-0.4, -0.2) is 34.4 Å². The zero-order valence-electron chi connectivity index (χ0n) is 17.9. The van der Waals surface area contributed by atoms with Crippen LogP contribution in [0.25, 0.3) is 27.8 Å². The molecule has 0 aliphatic carbocycles. The zero-order valence-corrected chi connectivity index (χ0v) is 17.9. The second-order valence-electron chi connectivity index (χ2n) is 7.40. The van der Waals surface area contributed by atoms with Crippen molar-refractivity contribution in [3.05, 3.63) is 76.8 Å². The predicted molar refractivity (Wildman–Crippen MR) is 117 cm³/mol. The Bertz CT molecular complexity index is 1410. The SMILES string of the molecule is COc1ccc(-c2cc3ccc(NCC(F)(F)F)nc3n(-c3ccc(C(F)(F)F)nc3)c2=O)cc1. The maximum absolute atomic E-state index is 13.5. The number of benzene rings is 1. The van der Waals surface area contributed by atoms with Crippen LogP contribution in [0.1, 0.15) is 5.69 Å². The molecular weight excluding hydrogens is 478 g/mol. The molecule has 1 N–H and O–H groups in total. The first-order valence-corrected chi connectivity index (χ1v) is 10.0. The summed E-state index contributed by atoms with van der Waals surface area (Å²) in [6.45, 7) is -1.36. The summed E-state index contributed by atoms with van der Waals surface area (Å²) in [5, 5.41) is 2.50. The number of halogens is 6. The second kappa shape index (κ2) is 8.93. The van der Waals surface area contributed by atoms with Gasteiger partial charge in [-0.3, -0.25) is 9.36 Å². The molecule has 0 aliphatic heterocycles. The molecule has 0 saturated heterocycles. The number of ether oxygens (including phenoxy) is 1. The van der Waals surface area contributed by atoms with Crippen LogP contribution in [0.3, 0.4) is 0 Å². The number of pyridine rings is 3. The van der Waals surface area contributed by atoms with Crippen LogP contribution in [0.4, 0.5) is 32.2 Å². The Morgan fingerprint density at radius 1 is 0.971 bits per heavy atom. The average Bonchev–Trinajstić information content (AvgIpc) is 2.81. The third-order valence-corrected chi connectivity index (χ3v) is 5.02. The monoisotopic (exact) mass is 494 g/mol. The maximum atomic E-state index is 13.5. The number of rotatable bonds is 5. The first-order chi connectivity index (χ1) is 16.5. The lowest BCUT2D eigenvalue weighted by Crippen LogP contribution is -2.24. The van der Waals surface area contributed by atoms with Crippen LogP contribution in [0.5, 0.6) is 5.75 Å². The standard InChI is InChI=1S/C23H16F6N4O2/c1-35-16-6-2-13(3-7-16)17-10-14-4-9-19(31-12-22(24,25)26)32-20(14)33(21(17)34)15-5-8-18(30-11-15)23(27,28)29/h2-11H,12H2,1H3,(H,31,32). The minimum atomic E-state index is -4.69. The average molecular weight is 494 g/mol. The lowest BCUT2D eigenvalue weighted by molar-refractivity contribution is -0.141. The molecule has 35 heavy (non-hydrogen) atoms. The highest BCUT2D eigenvalue weighted by Gasteiger charge is 2.32. The summed E-state index contributed by atoms with van der Waals surface area (Å²) in [4.78, 5) is 21.0. The van der Waals surface area contributed by atoms with E-state index in [9.17, 15) is 31.1 Å². The number of fused-ring (bicyclic) bond motifs is 1. The largest absolute Gasteiger partial charge is 0.497 e. The van der Waals surface area contributed by atoms with Crippen molar-refractivity contribution in [2.24, 2.45) is 0 Å². The summed E-state index contributed by atoms with van der Waals surface area (Å²) in [6, 6.07) is 12.6. The van der Waals surface area contributed by atoms with Crippen LogP contribution >= 0.6 is 0 Å². The molecule has 0 atom stereocenters. The normalized spacial score (nSPS) is 12.1. The number of hydrogen-bond acceptors (Lipinski definition) is 5. The van der Waals surface area contributed by atoms with Crippen molar-refractivity contribution in [3.8, 4) is 22.6 Å². The Morgan fingerprint density at radius 3 is 2.26 bits per heavy atom. The molecule has 1 aromatic carbocycles. The van der Waals surface area contributed by atoms with Crippen molar-refractivity contribution in [2.45, 2.75) is 12.4 Å². The Kier molecular flexibility index (Phi) is 6.14. The smallest absolute Gasteiger partial charge is 0.433 e. The van der Waals surface area contributed by atoms with Crippen molar-refractivity contribution in [1.82, 2.24) is 14.5 Å². The van der Waals surface area contributed by atoms with Gasteiger partial charge in [-0.05, 0) is 48.0 Å². The molecule has 182 valence electrons. The molecule has 3 heterocycles. The van der Waals surface area contributed by atoms with E-state index < -0.39 is 30.2 Å². The third kappa shape index (κ3) is 5.20. The fourth-order valence-corrected chi connectivity index (χ4v) is 3.38. The number of hydrogen-bond donors (Lipinski definition) is 1. The minimum absolute atomic E-state index is 0.0381. The molecule has 0 saturated carbocycles. The van der Waals surface area contributed by atoms with Gasteiger partial charge in [0.05, 0.1) is 19.0 Å². The Morgan fingerprint density at radius 2 is 1.69 bits per heavy atom. The number of alkyl halides is 6. The third-order valence-electron chi connectivity index (χ3n) is 5.02. The van der Waals surface area contributed by atoms with Gasteiger partial charge in [0, 0.05) is 10.9 Å². The molecule has 3 aromatic heterocycles. The van der Waals surface area contributed by atoms with Gasteiger partial charge in [-0.1, -0.05) is 12.1 Å². The van der Waals surface area contributed by atoms with Crippen LogP contribution in [0.2, 0.25) is 0 Å². The molecule has 12 heteroatoms. The van der Waals surface area contributed by atoms with Gasteiger partial charge in [-0.15, -0.1) is 0 Å². The van der Waals surface area contributed by atoms with Gasteiger partial charge >= 0.3 is 12.4 Å². The lowest BCUT2D eigenvalue weighted by Gasteiger charge is -2.15. The molecule has 0 unspecified atom stereocenters. The van der Waals surface area contributed by atoms with Gasteiger partial charge in [-0.25, -0.2) is 9.97 Å². The van der Waals surface area contributed by atoms with E-state index in [2.05, 4.69) is 15.3 Å². The van der Waals surface area contributed by atoms with E-state index in [1.807, 2.05) is 0 Å². The minimum Gasteiger partial charge on any atom is -0.497 e. The van der Waals surface area contributed by atoms with Crippen molar-refractivity contribution >= 4 is 16.9 Å². The topological polar surface area (TPSA) is 69.0 Å². The summed E-state index contributed by atoms with van der Waals surface area (Å²) >= 11 is 0. The lowest BCUT2D eigenvalue weighted by atomic mass is 10.1. The summed E-state index contributed by atoms with van der Waals surface area (Å²) < 4.78 is 83.0. The van der Waals surface area contributed by atoms with E-state index in [0.29, 0.717) is 22.8 Å². The van der Waals surface area contributed by atoms with Crippen molar-refractivity contribution < 1.29 is 31.1 Å². The molecule has 0 radical (unpaired) electrons. The molecule has 4 aromatic rings. The fourth-order valence-electron chi connectivity index (χ4n) is 3.38. The molecule has 0 spiro atoms. The Labute approximate surface area is 193 Å². The van der Waals surface area contributed by atoms with Gasteiger partial charge < -0.3 is 10.1 Å². The van der Waals surface area contributed by atoms with Gasteiger partial charge in [0.2, 0.25) is 0 Å². The molecule has 0 fully saturated rings. The highest BCUT2D eigenvalue weighted by atomic mass is 19.4. The number of methoxy groups -OCH3 is 1. The molecule has 4 rings (SSSR count). The van der Waals surface area contributed by atoms with Crippen LogP contribution in [0.15, 0.2) is 65.6 Å². The van der Waals surface area contributed by atoms with Gasteiger partial charge in [0.15, 0.2) is 0 Å². The first-order valence-electron chi connectivity index (χ1n) is 10.0. The molecule has 6 nitrogen and oxygen atoms in total. The number of aromatic nitrogens is 3. The molecular formula is C23H16F6N4O2.